The zero-order valence-corrected chi connectivity index (χ0v) is 6.58. The van der Waals surface area contributed by atoms with Gasteiger partial charge in [-0.1, -0.05) is 20.1 Å². The average molecular weight is 156 g/mol. The minimum absolute atomic E-state index is 0.442. The summed E-state index contributed by atoms with van der Waals surface area (Å²) in [4.78, 5) is 10.9. The van der Waals surface area contributed by atoms with Crippen LogP contribution < -0.4 is 0 Å². The van der Waals surface area contributed by atoms with Gasteiger partial charge in [0.2, 0.25) is 0 Å². The molecule has 62 valence electrons. The summed E-state index contributed by atoms with van der Waals surface area (Å²) < 4.78 is 9.35. The molecule has 0 aromatic heterocycles. The van der Waals surface area contributed by atoms with Crippen LogP contribution >= 0.6 is 0 Å². The molecule has 3 nitrogen and oxygen atoms in total. The van der Waals surface area contributed by atoms with E-state index in [1.807, 2.05) is 6.92 Å². The highest BCUT2D eigenvalue weighted by Crippen LogP contribution is 2.00. The Kier molecular flexibility index (Phi) is 4.90. The lowest BCUT2D eigenvalue weighted by atomic mass is 10.3. The third-order valence-electron chi connectivity index (χ3n) is 1.09. The molecular formula is C8H12O3. The van der Waals surface area contributed by atoms with Crippen molar-refractivity contribution in [3.05, 3.63) is 25.7 Å². The van der Waals surface area contributed by atoms with Crippen molar-refractivity contribution in [2.24, 2.45) is 0 Å². The standard InChI is InChI=1S/C8H12O3/c1-4-7(10-5-2)8(9)11-6-3/h5-7H,2-4H2,1H3. The van der Waals surface area contributed by atoms with Crippen LogP contribution in [0.5, 0.6) is 0 Å². The van der Waals surface area contributed by atoms with Crippen LogP contribution in [0.2, 0.25) is 0 Å². The molecule has 0 aliphatic rings. The summed E-state index contributed by atoms with van der Waals surface area (Å²) in [5.74, 6) is -0.442. The van der Waals surface area contributed by atoms with Crippen LogP contribution in [-0.2, 0) is 14.3 Å². The molecule has 0 heterocycles. The van der Waals surface area contributed by atoms with Gasteiger partial charge in [0.05, 0.1) is 12.5 Å². The van der Waals surface area contributed by atoms with Crippen molar-refractivity contribution >= 4 is 5.97 Å². The topological polar surface area (TPSA) is 35.5 Å². The van der Waals surface area contributed by atoms with Gasteiger partial charge in [-0.2, -0.15) is 0 Å². The van der Waals surface area contributed by atoms with Crippen LogP contribution in [-0.4, -0.2) is 12.1 Å². The lowest BCUT2D eigenvalue weighted by Crippen LogP contribution is -2.22. The molecule has 0 spiro atoms. The molecule has 0 saturated heterocycles. The van der Waals surface area contributed by atoms with Gasteiger partial charge in [0.1, 0.15) is 0 Å². The molecular weight excluding hydrogens is 144 g/mol. The summed E-state index contributed by atoms with van der Waals surface area (Å²) in [5, 5.41) is 0. The Morgan fingerprint density at radius 2 is 2.18 bits per heavy atom. The van der Waals surface area contributed by atoms with E-state index in [0.29, 0.717) is 6.42 Å². The number of ether oxygens (including phenoxy) is 2. The van der Waals surface area contributed by atoms with Crippen LogP contribution in [0.25, 0.3) is 0 Å². The minimum Gasteiger partial charge on any atom is -0.487 e. The van der Waals surface area contributed by atoms with Crippen molar-refractivity contribution in [1.82, 2.24) is 0 Å². The van der Waals surface area contributed by atoms with E-state index in [1.54, 1.807) is 0 Å². The first-order chi connectivity index (χ1) is 5.26. The molecule has 11 heavy (non-hydrogen) atoms. The molecule has 1 atom stereocenters. The molecule has 0 aliphatic heterocycles. The third-order valence-corrected chi connectivity index (χ3v) is 1.09. The second-order valence-electron chi connectivity index (χ2n) is 1.80. The van der Waals surface area contributed by atoms with Crippen molar-refractivity contribution in [2.75, 3.05) is 0 Å². The SMILES string of the molecule is C=COC(=O)C(CC)OC=C. The van der Waals surface area contributed by atoms with E-state index in [4.69, 9.17) is 4.74 Å². The van der Waals surface area contributed by atoms with Gasteiger partial charge >= 0.3 is 5.97 Å². The Bertz CT molecular complexity index is 151. The molecule has 0 aromatic carbocycles. The number of rotatable bonds is 5. The Hall–Kier alpha value is -1.25. The molecule has 1 unspecified atom stereocenters. The molecule has 0 aliphatic carbocycles. The molecule has 0 bridgehead atoms. The van der Waals surface area contributed by atoms with Gasteiger partial charge in [-0.05, 0) is 6.42 Å². The van der Waals surface area contributed by atoms with E-state index in [1.165, 1.54) is 6.26 Å². The normalized spacial score (nSPS) is 11.4. The van der Waals surface area contributed by atoms with Crippen LogP contribution in [0.3, 0.4) is 0 Å². The van der Waals surface area contributed by atoms with Gasteiger partial charge in [-0.15, -0.1) is 0 Å². The third kappa shape index (κ3) is 3.45. The molecule has 0 saturated carbocycles. The molecule has 0 rings (SSSR count). The second kappa shape index (κ2) is 5.53. The first kappa shape index (κ1) is 9.75. The number of esters is 1. The Morgan fingerprint density at radius 1 is 1.55 bits per heavy atom. The zero-order valence-electron chi connectivity index (χ0n) is 6.58. The van der Waals surface area contributed by atoms with E-state index in [2.05, 4.69) is 17.9 Å². The van der Waals surface area contributed by atoms with Gasteiger partial charge in [-0.25, -0.2) is 4.79 Å². The minimum atomic E-state index is -0.564. The monoisotopic (exact) mass is 156 g/mol. The number of hydrogen-bond donors (Lipinski definition) is 0. The van der Waals surface area contributed by atoms with E-state index < -0.39 is 12.1 Å². The fourth-order valence-electron chi connectivity index (χ4n) is 0.593. The molecule has 0 amide bonds. The fraction of sp³-hybridized carbons (Fsp3) is 0.375. The predicted octanol–water partition coefficient (Wildman–Crippen LogP) is 1.61. The predicted molar refractivity (Wildman–Crippen MR) is 41.7 cm³/mol. The quantitative estimate of drug-likeness (QED) is 0.448. The first-order valence-electron chi connectivity index (χ1n) is 3.34. The van der Waals surface area contributed by atoms with E-state index >= 15 is 0 Å². The Morgan fingerprint density at radius 3 is 2.55 bits per heavy atom. The van der Waals surface area contributed by atoms with Crippen molar-refractivity contribution < 1.29 is 14.3 Å². The second-order valence-corrected chi connectivity index (χ2v) is 1.80. The van der Waals surface area contributed by atoms with Crippen molar-refractivity contribution in [1.29, 1.82) is 0 Å². The summed E-state index contributed by atoms with van der Waals surface area (Å²) in [6.07, 6.45) is 2.29. The highest BCUT2D eigenvalue weighted by atomic mass is 16.6. The van der Waals surface area contributed by atoms with Gasteiger partial charge in [0.25, 0.3) is 0 Å². The zero-order chi connectivity index (χ0) is 8.69. The van der Waals surface area contributed by atoms with Gasteiger partial charge in [0, 0.05) is 0 Å². The molecule has 0 aromatic rings. The smallest absolute Gasteiger partial charge is 0.352 e. The molecule has 0 radical (unpaired) electrons. The number of carbonyl (C=O) groups excluding carboxylic acids is 1. The molecule has 3 heteroatoms. The average Bonchev–Trinajstić information content (AvgIpc) is 2.00. The number of hydrogen-bond acceptors (Lipinski definition) is 3. The van der Waals surface area contributed by atoms with E-state index in [0.717, 1.165) is 6.26 Å². The van der Waals surface area contributed by atoms with Gasteiger partial charge in [0.15, 0.2) is 6.10 Å². The Balaban J connectivity index is 3.90. The largest absolute Gasteiger partial charge is 0.487 e. The Labute approximate surface area is 66.3 Å². The van der Waals surface area contributed by atoms with Gasteiger partial charge in [-0.3, -0.25) is 0 Å². The maximum Gasteiger partial charge on any atom is 0.352 e. The number of carbonyl (C=O) groups is 1. The summed E-state index contributed by atoms with van der Waals surface area (Å²) in [6, 6.07) is 0. The lowest BCUT2D eigenvalue weighted by molar-refractivity contribution is -0.148. The van der Waals surface area contributed by atoms with Crippen molar-refractivity contribution in [3.8, 4) is 0 Å². The van der Waals surface area contributed by atoms with Crippen LogP contribution in [0.1, 0.15) is 13.3 Å². The van der Waals surface area contributed by atoms with Crippen molar-refractivity contribution in [2.45, 2.75) is 19.4 Å². The van der Waals surface area contributed by atoms with Gasteiger partial charge < -0.3 is 9.47 Å². The lowest BCUT2D eigenvalue weighted by Gasteiger charge is -2.10. The molecule has 0 fully saturated rings. The van der Waals surface area contributed by atoms with E-state index in [-0.39, 0.29) is 0 Å². The van der Waals surface area contributed by atoms with Crippen LogP contribution in [0.15, 0.2) is 25.7 Å². The summed E-state index contributed by atoms with van der Waals surface area (Å²) in [7, 11) is 0. The maximum absolute atomic E-state index is 10.9. The van der Waals surface area contributed by atoms with Crippen molar-refractivity contribution in [3.63, 3.8) is 0 Å². The summed E-state index contributed by atoms with van der Waals surface area (Å²) in [6.45, 7) is 8.41. The molecule has 0 N–H and O–H groups in total. The first-order valence-corrected chi connectivity index (χ1v) is 3.34. The van der Waals surface area contributed by atoms with Crippen LogP contribution in [0.4, 0.5) is 0 Å². The van der Waals surface area contributed by atoms with E-state index in [9.17, 15) is 4.79 Å². The van der Waals surface area contributed by atoms with Crippen LogP contribution in [0, 0.1) is 0 Å². The summed E-state index contributed by atoms with van der Waals surface area (Å²) >= 11 is 0. The fourth-order valence-corrected chi connectivity index (χ4v) is 0.593. The maximum atomic E-state index is 10.9. The highest BCUT2D eigenvalue weighted by molar-refractivity contribution is 5.75. The highest BCUT2D eigenvalue weighted by Gasteiger charge is 2.16. The summed E-state index contributed by atoms with van der Waals surface area (Å²) in [5.41, 5.74) is 0.